The maximum absolute atomic E-state index is 11.6. The Morgan fingerprint density at radius 2 is 1.90 bits per heavy atom. The van der Waals surface area contributed by atoms with E-state index in [9.17, 15) is 15.0 Å². The van der Waals surface area contributed by atoms with E-state index >= 15 is 0 Å². The van der Waals surface area contributed by atoms with Crippen LogP contribution in [0.2, 0.25) is 0 Å². The van der Waals surface area contributed by atoms with Crippen LogP contribution in [-0.2, 0) is 9.53 Å². The van der Waals surface area contributed by atoms with Crippen molar-refractivity contribution in [2.45, 2.75) is 104 Å². The number of carbonyl (C=O) groups excluding carboxylic acids is 1. The Labute approximate surface area is 177 Å². The van der Waals surface area contributed by atoms with Gasteiger partial charge in [0, 0.05) is 6.42 Å². The Balaban J connectivity index is 1.71. The normalized spacial score (nSPS) is 44.4. The van der Waals surface area contributed by atoms with Gasteiger partial charge in [-0.15, -0.1) is 0 Å². The van der Waals surface area contributed by atoms with Gasteiger partial charge < -0.3 is 14.9 Å². The molecule has 3 rings (SSSR count). The first-order valence-electron chi connectivity index (χ1n) is 12.2. The fraction of sp³-hybridized carbons (Fsp3) is 0.960. The van der Waals surface area contributed by atoms with Gasteiger partial charge in [-0.2, -0.15) is 0 Å². The number of rotatable bonds is 4. The van der Waals surface area contributed by atoms with Crippen LogP contribution in [0.1, 0.15) is 91.4 Å². The zero-order valence-corrected chi connectivity index (χ0v) is 19.1. The second kappa shape index (κ2) is 9.68. The van der Waals surface area contributed by atoms with E-state index < -0.39 is 0 Å². The van der Waals surface area contributed by atoms with Crippen LogP contribution < -0.4 is 0 Å². The highest BCUT2D eigenvalue weighted by Crippen LogP contribution is 2.59. The van der Waals surface area contributed by atoms with Crippen molar-refractivity contribution in [3.8, 4) is 0 Å². The zero-order valence-electron chi connectivity index (χ0n) is 19.1. The summed E-state index contributed by atoms with van der Waals surface area (Å²) >= 11 is 0. The lowest BCUT2D eigenvalue weighted by atomic mass is 9.49. The molecule has 168 valence electrons. The van der Waals surface area contributed by atoms with Gasteiger partial charge in [0.25, 0.3) is 0 Å². The molecule has 0 aromatic heterocycles. The van der Waals surface area contributed by atoms with Crippen molar-refractivity contribution in [1.82, 2.24) is 0 Å². The van der Waals surface area contributed by atoms with Crippen LogP contribution in [-0.4, -0.2) is 35.5 Å². The molecule has 4 nitrogen and oxygen atoms in total. The summed E-state index contributed by atoms with van der Waals surface area (Å²) in [6, 6.07) is 0. The molecule has 5 unspecified atom stereocenters. The van der Waals surface area contributed by atoms with Crippen molar-refractivity contribution in [2.75, 3.05) is 7.11 Å². The van der Waals surface area contributed by atoms with Gasteiger partial charge in [0.1, 0.15) is 0 Å². The molecule has 0 bridgehead atoms. The predicted octanol–water partition coefficient (Wildman–Crippen LogP) is 4.96. The molecule has 0 aromatic rings. The maximum Gasteiger partial charge on any atom is 0.305 e. The summed E-state index contributed by atoms with van der Waals surface area (Å²) in [5.74, 6) is 3.08. The van der Waals surface area contributed by atoms with E-state index in [0.717, 1.165) is 32.1 Å². The number of carbonyl (C=O) groups is 1. The van der Waals surface area contributed by atoms with Crippen molar-refractivity contribution >= 4 is 5.97 Å². The molecule has 2 N–H and O–H groups in total. The summed E-state index contributed by atoms with van der Waals surface area (Å²) in [4.78, 5) is 11.6. The molecule has 3 fully saturated rings. The van der Waals surface area contributed by atoms with Crippen molar-refractivity contribution in [2.24, 2.45) is 40.9 Å². The quantitative estimate of drug-likeness (QED) is 0.646. The monoisotopic (exact) mass is 408 g/mol. The third-order valence-electron chi connectivity index (χ3n) is 9.36. The van der Waals surface area contributed by atoms with Gasteiger partial charge >= 0.3 is 5.97 Å². The number of aliphatic hydroxyl groups is 2. The lowest BCUT2D eigenvalue weighted by Crippen LogP contribution is -2.54. The van der Waals surface area contributed by atoms with Gasteiger partial charge in [0.15, 0.2) is 0 Å². The standard InChI is InChI=1S/C25H44O4/c1-16(9-11-23(28)29-4)18-6-5-7-21-24(17(2)8-10-18)22(27)15-19-14-20(26)12-13-25(19,21)3/h16-22,24,26-27H,5-15H2,1-4H3/t16-,17?,18?,19+,20-,21?,22?,24?,25+/m1/s1. The first kappa shape index (κ1) is 23.1. The Hall–Kier alpha value is -0.610. The molecule has 9 atom stereocenters. The highest BCUT2D eigenvalue weighted by Gasteiger charge is 2.54. The van der Waals surface area contributed by atoms with Gasteiger partial charge in [-0.25, -0.2) is 0 Å². The Kier molecular flexibility index (Phi) is 7.70. The fourth-order valence-corrected chi connectivity index (χ4v) is 7.37. The van der Waals surface area contributed by atoms with E-state index in [4.69, 9.17) is 4.74 Å². The molecular formula is C25H44O4. The third-order valence-corrected chi connectivity index (χ3v) is 9.36. The molecule has 0 aliphatic heterocycles. The van der Waals surface area contributed by atoms with Crippen LogP contribution in [0.5, 0.6) is 0 Å². The lowest BCUT2D eigenvalue weighted by molar-refractivity contribution is -0.141. The summed E-state index contributed by atoms with van der Waals surface area (Å²) in [6.45, 7) is 7.13. The van der Waals surface area contributed by atoms with Crippen molar-refractivity contribution in [1.29, 1.82) is 0 Å². The van der Waals surface area contributed by atoms with Gasteiger partial charge in [-0.1, -0.05) is 40.0 Å². The van der Waals surface area contributed by atoms with Crippen LogP contribution in [0.25, 0.3) is 0 Å². The topological polar surface area (TPSA) is 66.8 Å². The second-order valence-electron chi connectivity index (χ2n) is 11.0. The summed E-state index contributed by atoms with van der Waals surface area (Å²) in [7, 11) is 1.47. The van der Waals surface area contributed by atoms with Crippen molar-refractivity contribution < 1.29 is 19.7 Å². The number of hydrogen-bond acceptors (Lipinski definition) is 4. The van der Waals surface area contributed by atoms with E-state index in [0.29, 0.717) is 41.9 Å². The fourth-order valence-electron chi connectivity index (χ4n) is 7.37. The van der Waals surface area contributed by atoms with E-state index in [2.05, 4.69) is 20.8 Å². The van der Waals surface area contributed by atoms with Crippen LogP contribution >= 0.6 is 0 Å². The average molecular weight is 409 g/mol. The number of esters is 1. The van der Waals surface area contributed by atoms with Gasteiger partial charge in [0.2, 0.25) is 0 Å². The number of fused-ring (bicyclic) bond motifs is 3. The van der Waals surface area contributed by atoms with Gasteiger partial charge in [-0.05, 0) is 85.9 Å². The molecule has 0 heterocycles. The summed E-state index contributed by atoms with van der Waals surface area (Å²) < 4.78 is 4.83. The first-order chi connectivity index (χ1) is 13.8. The zero-order chi connectivity index (χ0) is 21.2. The van der Waals surface area contributed by atoms with Crippen LogP contribution in [0.3, 0.4) is 0 Å². The number of methoxy groups -OCH3 is 1. The van der Waals surface area contributed by atoms with Crippen molar-refractivity contribution in [3.05, 3.63) is 0 Å². The van der Waals surface area contributed by atoms with Crippen LogP contribution in [0, 0.1) is 40.9 Å². The van der Waals surface area contributed by atoms with Crippen LogP contribution in [0.4, 0.5) is 0 Å². The van der Waals surface area contributed by atoms with E-state index in [1.807, 2.05) is 0 Å². The van der Waals surface area contributed by atoms with E-state index in [1.54, 1.807) is 0 Å². The van der Waals surface area contributed by atoms with Crippen LogP contribution in [0.15, 0.2) is 0 Å². The molecule has 29 heavy (non-hydrogen) atoms. The largest absolute Gasteiger partial charge is 0.469 e. The molecular weight excluding hydrogens is 364 g/mol. The number of hydrogen-bond donors (Lipinski definition) is 2. The first-order valence-corrected chi connectivity index (χ1v) is 12.2. The van der Waals surface area contributed by atoms with Gasteiger partial charge in [0.05, 0.1) is 19.3 Å². The minimum absolute atomic E-state index is 0.0964. The molecule has 3 aliphatic carbocycles. The maximum atomic E-state index is 11.6. The minimum atomic E-state index is -0.216. The number of aliphatic hydroxyl groups excluding tert-OH is 2. The molecule has 3 aliphatic rings. The minimum Gasteiger partial charge on any atom is -0.469 e. The molecule has 0 saturated heterocycles. The smallest absolute Gasteiger partial charge is 0.305 e. The third kappa shape index (κ3) is 5.01. The lowest BCUT2D eigenvalue weighted by Gasteiger charge is -2.57. The molecule has 3 saturated carbocycles. The predicted molar refractivity (Wildman–Crippen MR) is 115 cm³/mol. The molecule has 0 spiro atoms. The summed E-state index contributed by atoms with van der Waals surface area (Å²) in [6.07, 6.45) is 10.9. The Morgan fingerprint density at radius 3 is 2.62 bits per heavy atom. The SMILES string of the molecule is COC(=O)CC[C@@H](C)C1CCCC2C(C(C)CC1)C(O)C[C@@H]1C[C@H](O)CC[C@]21C. The highest BCUT2D eigenvalue weighted by molar-refractivity contribution is 5.69. The Bertz CT molecular complexity index is 549. The highest BCUT2D eigenvalue weighted by atomic mass is 16.5. The van der Waals surface area contributed by atoms with Gasteiger partial charge in [-0.3, -0.25) is 4.79 Å². The van der Waals surface area contributed by atoms with E-state index in [1.165, 1.54) is 39.2 Å². The second-order valence-corrected chi connectivity index (χ2v) is 11.0. The molecule has 0 amide bonds. The molecule has 4 heteroatoms. The number of ether oxygens (including phenoxy) is 1. The average Bonchev–Trinajstić information content (AvgIpc) is 2.77. The van der Waals surface area contributed by atoms with Crippen molar-refractivity contribution in [3.63, 3.8) is 0 Å². The molecule has 0 aromatic carbocycles. The molecule has 0 radical (unpaired) electrons. The summed E-state index contributed by atoms with van der Waals surface area (Å²) in [5, 5.41) is 21.4. The van der Waals surface area contributed by atoms with E-state index in [-0.39, 0.29) is 23.6 Å². The summed E-state index contributed by atoms with van der Waals surface area (Å²) in [5.41, 5.74) is 0.272. The Morgan fingerprint density at radius 1 is 1.14 bits per heavy atom.